The van der Waals surface area contributed by atoms with E-state index in [4.69, 9.17) is 0 Å². The van der Waals surface area contributed by atoms with Gasteiger partial charge in [0.2, 0.25) is 0 Å². The number of aromatic carboxylic acids is 1. The lowest BCUT2D eigenvalue weighted by molar-refractivity contribution is 0.0697. The average Bonchev–Trinajstić information content (AvgIpc) is 2.53. The van der Waals surface area contributed by atoms with Gasteiger partial charge in [-0.25, -0.2) is 18.2 Å². The molecule has 1 heterocycles. The third-order valence-electron chi connectivity index (χ3n) is 3.80. The zero-order chi connectivity index (χ0) is 19.7. The smallest absolute Gasteiger partial charge is 0.339 e. The maximum atomic E-state index is 12.6. The summed E-state index contributed by atoms with van der Waals surface area (Å²) in [7, 11) is -0.523. The molecule has 0 radical (unpaired) electrons. The Morgan fingerprint density at radius 3 is 2.19 bits per heavy atom. The van der Waals surface area contributed by atoms with Crippen LogP contribution in [-0.4, -0.2) is 38.6 Å². The molecule has 2 aromatic rings. The molecular formula is C18H23N3O4S. The van der Waals surface area contributed by atoms with Crippen molar-refractivity contribution in [3.63, 3.8) is 0 Å². The molecular weight excluding hydrogens is 354 g/mol. The Morgan fingerprint density at radius 2 is 1.73 bits per heavy atom. The zero-order valence-corrected chi connectivity index (χ0v) is 16.3. The predicted molar refractivity (Wildman–Crippen MR) is 101 cm³/mol. The van der Waals surface area contributed by atoms with Crippen molar-refractivity contribution in [3.8, 4) is 0 Å². The molecule has 0 saturated heterocycles. The van der Waals surface area contributed by atoms with Crippen LogP contribution in [0.4, 0.5) is 11.5 Å². The summed E-state index contributed by atoms with van der Waals surface area (Å²) in [6, 6.07) is 7.85. The van der Waals surface area contributed by atoms with Gasteiger partial charge < -0.3 is 10.0 Å². The van der Waals surface area contributed by atoms with Gasteiger partial charge in [0.15, 0.2) is 0 Å². The standard InChI is InChI=1S/C18H23N3O4S/c1-18(2,3)12-6-8-14(9-7-12)26(24,25)20-13-10-15(17(22)23)16(19-11-13)21(4)5/h6-11,20H,1-5H3,(H,22,23). The first-order chi connectivity index (χ1) is 11.9. The quantitative estimate of drug-likeness (QED) is 0.831. The molecule has 7 nitrogen and oxygen atoms in total. The summed E-state index contributed by atoms with van der Waals surface area (Å²) in [5.74, 6) is -0.938. The van der Waals surface area contributed by atoms with E-state index in [1.807, 2.05) is 20.8 Å². The molecule has 0 unspecified atom stereocenters. The highest BCUT2D eigenvalue weighted by Crippen LogP contribution is 2.25. The van der Waals surface area contributed by atoms with Crippen LogP contribution in [0, 0.1) is 0 Å². The van der Waals surface area contributed by atoms with Crippen molar-refractivity contribution in [2.45, 2.75) is 31.1 Å². The summed E-state index contributed by atoms with van der Waals surface area (Å²) in [5.41, 5.74) is 0.936. The number of carbonyl (C=O) groups is 1. The molecule has 2 rings (SSSR count). The van der Waals surface area contributed by atoms with E-state index in [0.717, 1.165) is 5.56 Å². The molecule has 0 amide bonds. The second-order valence-corrected chi connectivity index (χ2v) is 8.86. The van der Waals surface area contributed by atoms with Crippen LogP contribution in [0.25, 0.3) is 0 Å². The van der Waals surface area contributed by atoms with Gasteiger partial charge in [0, 0.05) is 14.1 Å². The highest BCUT2D eigenvalue weighted by atomic mass is 32.2. The summed E-state index contributed by atoms with van der Waals surface area (Å²) < 4.78 is 27.5. The summed E-state index contributed by atoms with van der Waals surface area (Å²) in [5, 5.41) is 9.32. The Kier molecular flexibility index (Phi) is 5.27. The molecule has 0 aliphatic carbocycles. The average molecular weight is 377 g/mol. The molecule has 0 fully saturated rings. The third kappa shape index (κ3) is 4.32. The van der Waals surface area contributed by atoms with Crippen LogP contribution in [0.2, 0.25) is 0 Å². The second kappa shape index (κ2) is 6.95. The normalized spacial score (nSPS) is 11.9. The number of carboxylic acid groups (broad SMARTS) is 1. The van der Waals surface area contributed by atoms with E-state index in [-0.39, 0.29) is 27.4 Å². The van der Waals surface area contributed by atoms with E-state index in [1.165, 1.54) is 24.4 Å². The largest absolute Gasteiger partial charge is 0.478 e. The molecule has 8 heteroatoms. The number of hydrogen-bond acceptors (Lipinski definition) is 5. The highest BCUT2D eigenvalue weighted by molar-refractivity contribution is 7.92. The maximum Gasteiger partial charge on any atom is 0.339 e. The van der Waals surface area contributed by atoms with Crippen molar-refractivity contribution in [1.29, 1.82) is 0 Å². The van der Waals surface area contributed by atoms with Crippen LogP contribution in [0.15, 0.2) is 41.4 Å². The topological polar surface area (TPSA) is 99.6 Å². The fourth-order valence-corrected chi connectivity index (χ4v) is 3.41. The van der Waals surface area contributed by atoms with Crippen molar-refractivity contribution < 1.29 is 18.3 Å². The Hall–Kier alpha value is -2.61. The van der Waals surface area contributed by atoms with Crippen molar-refractivity contribution in [2.24, 2.45) is 0 Å². The Labute approximate surface area is 153 Å². The minimum atomic E-state index is -3.85. The van der Waals surface area contributed by atoms with Crippen LogP contribution in [-0.2, 0) is 15.4 Å². The molecule has 0 aliphatic heterocycles. The Bertz CT molecular complexity index is 914. The van der Waals surface area contributed by atoms with Crippen molar-refractivity contribution >= 4 is 27.5 Å². The Balaban J connectivity index is 2.35. The SMILES string of the molecule is CN(C)c1ncc(NS(=O)(=O)c2ccc(C(C)(C)C)cc2)cc1C(=O)O. The second-order valence-electron chi connectivity index (χ2n) is 7.17. The van der Waals surface area contributed by atoms with E-state index in [0.29, 0.717) is 0 Å². The van der Waals surface area contributed by atoms with Crippen molar-refractivity contribution in [3.05, 3.63) is 47.7 Å². The van der Waals surface area contributed by atoms with E-state index in [2.05, 4.69) is 9.71 Å². The first-order valence-corrected chi connectivity index (χ1v) is 9.44. The molecule has 2 N–H and O–H groups in total. The van der Waals surface area contributed by atoms with Gasteiger partial charge in [-0.05, 0) is 29.2 Å². The molecule has 0 aliphatic rings. The predicted octanol–water partition coefficient (Wildman–Crippen LogP) is 2.94. The number of hydrogen-bond donors (Lipinski definition) is 2. The molecule has 1 aromatic heterocycles. The van der Waals surface area contributed by atoms with Gasteiger partial charge in [-0.3, -0.25) is 4.72 Å². The number of aromatic nitrogens is 1. The van der Waals surface area contributed by atoms with Crippen LogP contribution in [0.1, 0.15) is 36.7 Å². The number of nitrogens with one attached hydrogen (secondary N) is 1. The summed E-state index contributed by atoms with van der Waals surface area (Å²) >= 11 is 0. The number of sulfonamides is 1. The molecule has 0 bridgehead atoms. The number of anilines is 2. The van der Waals surface area contributed by atoms with E-state index >= 15 is 0 Å². The summed E-state index contributed by atoms with van der Waals surface area (Å²) in [6.45, 7) is 6.13. The van der Waals surface area contributed by atoms with E-state index in [1.54, 1.807) is 31.1 Å². The van der Waals surface area contributed by atoms with Gasteiger partial charge in [0.1, 0.15) is 11.4 Å². The summed E-state index contributed by atoms with van der Waals surface area (Å²) in [6.07, 6.45) is 1.29. The molecule has 0 saturated carbocycles. The first kappa shape index (κ1) is 19.7. The van der Waals surface area contributed by atoms with Gasteiger partial charge in [-0.15, -0.1) is 0 Å². The first-order valence-electron chi connectivity index (χ1n) is 7.96. The molecule has 140 valence electrons. The number of nitrogens with zero attached hydrogens (tertiary/aromatic N) is 2. The fourth-order valence-electron chi connectivity index (χ4n) is 2.38. The van der Waals surface area contributed by atoms with Crippen molar-refractivity contribution in [1.82, 2.24) is 4.98 Å². The molecule has 0 spiro atoms. The zero-order valence-electron chi connectivity index (χ0n) is 15.4. The minimum Gasteiger partial charge on any atom is -0.478 e. The third-order valence-corrected chi connectivity index (χ3v) is 5.20. The Morgan fingerprint density at radius 1 is 1.15 bits per heavy atom. The fraction of sp³-hybridized carbons (Fsp3) is 0.333. The number of carboxylic acids is 1. The number of pyridine rings is 1. The summed E-state index contributed by atoms with van der Waals surface area (Å²) in [4.78, 5) is 17.1. The minimum absolute atomic E-state index is 0.0849. The van der Waals surface area contributed by atoms with Gasteiger partial charge in [0.25, 0.3) is 10.0 Å². The van der Waals surface area contributed by atoms with Crippen LogP contribution >= 0.6 is 0 Å². The van der Waals surface area contributed by atoms with Gasteiger partial charge in [0.05, 0.1) is 16.8 Å². The van der Waals surface area contributed by atoms with Crippen LogP contribution < -0.4 is 9.62 Å². The van der Waals surface area contributed by atoms with Crippen molar-refractivity contribution in [2.75, 3.05) is 23.7 Å². The monoisotopic (exact) mass is 377 g/mol. The van der Waals surface area contributed by atoms with Crippen LogP contribution in [0.3, 0.4) is 0 Å². The number of rotatable bonds is 5. The van der Waals surface area contributed by atoms with Gasteiger partial charge >= 0.3 is 5.97 Å². The molecule has 0 atom stereocenters. The molecule has 1 aromatic carbocycles. The number of benzene rings is 1. The van der Waals surface area contributed by atoms with Crippen LogP contribution in [0.5, 0.6) is 0 Å². The lowest BCUT2D eigenvalue weighted by Crippen LogP contribution is -2.18. The highest BCUT2D eigenvalue weighted by Gasteiger charge is 2.20. The van der Waals surface area contributed by atoms with E-state index in [9.17, 15) is 18.3 Å². The van der Waals surface area contributed by atoms with E-state index < -0.39 is 16.0 Å². The van der Waals surface area contributed by atoms with Gasteiger partial charge in [-0.1, -0.05) is 32.9 Å². The maximum absolute atomic E-state index is 12.6. The lowest BCUT2D eigenvalue weighted by Gasteiger charge is -2.19. The lowest BCUT2D eigenvalue weighted by atomic mass is 9.87. The van der Waals surface area contributed by atoms with Gasteiger partial charge in [-0.2, -0.15) is 0 Å². The molecule has 26 heavy (non-hydrogen) atoms.